The summed E-state index contributed by atoms with van der Waals surface area (Å²) in [5, 5.41) is 25.3. The van der Waals surface area contributed by atoms with Crippen LogP contribution in [0.5, 0.6) is 5.75 Å². The lowest BCUT2D eigenvalue weighted by Gasteiger charge is -2.44. The maximum Gasteiger partial charge on any atom is 0.204 e. The molecule has 2 aliphatic rings. The lowest BCUT2D eigenvalue weighted by Crippen LogP contribution is -2.56. The number of methoxy groups -OCH3 is 1. The molecule has 2 aliphatic heterocycles. The van der Waals surface area contributed by atoms with Gasteiger partial charge in [-0.1, -0.05) is 30.3 Å². The second kappa shape index (κ2) is 14.4. The molecule has 194 valence electrons. The Morgan fingerprint density at radius 3 is 2.17 bits per heavy atom. The molecule has 0 aliphatic carbocycles. The number of Topliss-reactive ketones (excluding diaryl/α,β-unsaturated/α-hetero) is 1. The van der Waals surface area contributed by atoms with E-state index in [1.165, 1.54) is 17.8 Å². The van der Waals surface area contributed by atoms with Gasteiger partial charge in [0.1, 0.15) is 5.75 Å². The smallest absolute Gasteiger partial charge is 0.204 e. The summed E-state index contributed by atoms with van der Waals surface area (Å²) in [5.74, 6) is 1.07. The largest absolute Gasteiger partial charge is 0.497 e. The Morgan fingerprint density at radius 2 is 1.58 bits per heavy atom. The number of ether oxygens (including phenoxy) is 1. The summed E-state index contributed by atoms with van der Waals surface area (Å²) in [6.07, 6.45) is 5.29. The number of carbonyl (C=O) groups is 1. The number of piperidine rings is 2. The molecule has 0 aromatic heterocycles. The van der Waals surface area contributed by atoms with Crippen molar-refractivity contribution in [3.8, 4) is 18.0 Å². The monoisotopic (exact) mass is 498 g/mol. The molecule has 0 bridgehead atoms. The van der Waals surface area contributed by atoms with E-state index in [9.17, 15) is 9.90 Å². The minimum atomic E-state index is -0.286. The standard InChI is InChI=1S/C25H32N2O3.C2H2O4/c1-30-22-9-7-20(8-10-22)25(29)21-11-15-27(16-12-21)23-18-26(14-13-24(23)28)17-19-5-3-2-4-6-19;3-5-1-2-6-4/h2-10,21,23-24,28H,11-18H2,1H3;3-4H. The van der Waals surface area contributed by atoms with Gasteiger partial charge in [0.25, 0.3) is 0 Å². The van der Waals surface area contributed by atoms with Crippen LogP contribution in [0, 0.1) is 18.1 Å². The highest BCUT2D eigenvalue weighted by Gasteiger charge is 2.35. The molecule has 4 rings (SSSR count). The van der Waals surface area contributed by atoms with Crippen molar-refractivity contribution in [1.29, 1.82) is 0 Å². The Bertz CT molecular complexity index is 975. The molecule has 0 saturated carbocycles. The van der Waals surface area contributed by atoms with Crippen molar-refractivity contribution in [2.24, 2.45) is 5.92 Å². The first-order valence-corrected chi connectivity index (χ1v) is 12.0. The summed E-state index contributed by atoms with van der Waals surface area (Å²) in [6.45, 7) is 4.48. The Morgan fingerprint density at radius 1 is 0.944 bits per heavy atom. The molecular weight excluding hydrogens is 464 g/mol. The second-order valence-electron chi connectivity index (χ2n) is 8.93. The molecule has 9 nitrogen and oxygen atoms in total. The molecule has 2 unspecified atom stereocenters. The van der Waals surface area contributed by atoms with Gasteiger partial charge < -0.3 is 9.84 Å². The van der Waals surface area contributed by atoms with E-state index in [2.05, 4.69) is 43.8 Å². The molecule has 2 aromatic rings. The van der Waals surface area contributed by atoms with E-state index in [0.717, 1.165) is 63.3 Å². The van der Waals surface area contributed by atoms with Crippen LogP contribution >= 0.6 is 0 Å². The van der Waals surface area contributed by atoms with Gasteiger partial charge in [0.05, 0.1) is 13.2 Å². The molecule has 2 saturated heterocycles. The summed E-state index contributed by atoms with van der Waals surface area (Å²) in [5.41, 5.74) is 2.08. The zero-order valence-corrected chi connectivity index (χ0v) is 20.5. The molecule has 2 fully saturated rings. The SMILES string of the molecule is COc1ccc(C(=O)C2CCN(C3CN(Cc4ccccc4)CCC3O)CC2)cc1.OOC#COO. The van der Waals surface area contributed by atoms with Crippen LogP contribution in [0.15, 0.2) is 54.6 Å². The van der Waals surface area contributed by atoms with E-state index in [1.807, 2.05) is 30.3 Å². The number of likely N-dealkylation sites (tertiary alicyclic amines) is 2. The van der Waals surface area contributed by atoms with E-state index < -0.39 is 0 Å². The molecule has 2 atom stereocenters. The maximum atomic E-state index is 12.9. The fourth-order valence-electron chi connectivity index (χ4n) is 4.85. The highest BCUT2D eigenvalue weighted by molar-refractivity contribution is 5.98. The van der Waals surface area contributed by atoms with E-state index in [-0.39, 0.29) is 23.8 Å². The Kier molecular flexibility index (Phi) is 11.0. The lowest BCUT2D eigenvalue weighted by molar-refractivity contribution is -0.188. The number of ketones is 1. The zero-order valence-electron chi connectivity index (χ0n) is 20.5. The van der Waals surface area contributed by atoms with Crippen LogP contribution in [0.25, 0.3) is 0 Å². The Labute approximate surface area is 211 Å². The van der Waals surface area contributed by atoms with Crippen LogP contribution < -0.4 is 4.74 Å². The first-order chi connectivity index (χ1) is 17.5. The second-order valence-corrected chi connectivity index (χ2v) is 8.93. The quantitative estimate of drug-likeness (QED) is 0.239. The number of carbonyl (C=O) groups excluding carboxylic acids is 1. The van der Waals surface area contributed by atoms with Gasteiger partial charge in [-0.05, 0) is 62.2 Å². The Balaban J connectivity index is 0.000000538. The van der Waals surface area contributed by atoms with Crippen molar-refractivity contribution in [3.05, 3.63) is 65.7 Å². The van der Waals surface area contributed by atoms with Crippen molar-refractivity contribution < 1.29 is 34.9 Å². The molecular formula is C27H34N2O7. The molecule has 2 heterocycles. The molecule has 9 heteroatoms. The number of aliphatic hydroxyl groups is 1. The number of nitrogens with zero attached hydrogens (tertiary/aromatic N) is 2. The third-order valence-electron chi connectivity index (χ3n) is 6.76. The number of aliphatic hydroxyl groups excluding tert-OH is 1. The van der Waals surface area contributed by atoms with Crippen molar-refractivity contribution >= 4 is 5.78 Å². The van der Waals surface area contributed by atoms with Crippen LogP contribution in [-0.4, -0.2) is 76.6 Å². The van der Waals surface area contributed by atoms with E-state index in [4.69, 9.17) is 15.3 Å². The maximum absolute atomic E-state index is 12.9. The third kappa shape index (κ3) is 7.95. The normalized spacial score (nSPS) is 20.8. The summed E-state index contributed by atoms with van der Waals surface area (Å²) in [6, 6.07) is 18.1. The molecule has 2 aromatic carbocycles. The number of hydrogen-bond donors (Lipinski definition) is 3. The van der Waals surface area contributed by atoms with E-state index in [0.29, 0.717) is 0 Å². The highest BCUT2D eigenvalue weighted by atomic mass is 17.1. The fourth-order valence-corrected chi connectivity index (χ4v) is 4.85. The predicted molar refractivity (Wildman–Crippen MR) is 133 cm³/mol. The van der Waals surface area contributed by atoms with Crippen LogP contribution in [0.3, 0.4) is 0 Å². The predicted octanol–water partition coefficient (Wildman–Crippen LogP) is 3.11. The van der Waals surface area contributed by atoms with Crippen molar-refractivity contribution in [2.45, 2.75) is 38.0 Å². The van der Waals surface area contributed by atoms with Gasteiger partial charge in [-0.15, -0.1) is 0 Å². The Hall–Kier alpha value is -3.13. The van der Waals surface area contributed by atoms with Gasteiger partial charge >= 0.3 is 0 Å². The van der Waals surface area contributed by atoms with Gasteiger partial charge in [-0.25, -0.2) is 0 Å². The summed E-state index contributed by atoms with van der Waals surface area (Å²) in [4.78, 5) is 24.0. The minimum absolute atomic E-state index is 0.0656. The van der Waals surface area contributed by atoms with Crippen molar-refractivity contribution in [2.75, 3.05) is 33.3 Å². The van der Waals surface area contributed by atoms with E-state index in [1.54, 1.807) is 7.11 Å². The first kappa shape index (κ1) is 27.5. The van der Waals surface area contributed by atoms with Crippen LogP contribution in [0.2, 0.25) is 0 Å². The highest BCUT2D eigenvalue weighted by Crippen LogP contribution is 2.27. The third-order valence-corrected chi connectivity index (χ3v) is 6.76. The molecule has 0 spiro atoms. The summed E-state index contributed by atoms with van der Waals surface area (Å²) >= 11 is 0. The topological polar surface area (TPSA) is 112 Å². The van der Waals surface area contributed by atoms with Gasteiger partial charge in [0.15, 0.2) is 5.78 Å². The van der Waals surface area contributed by atoms with Gasteiger partial charge in [0, 0.05) is 37.2 Å². The van der Waals surface area contributed by atoms with Crippen LogP contribution in [0.4, 0.5) is 0 Å². The van der Waals surface area contributed by atoms with E-state index >= 15 is 0 Å². The average molecular weight is 499 g/mol. The van der Waals surface area contributed by atoms with Gasteiger partial charge in [-0.3, -0.25) is 24.4 Å². The van der Waals surface area contributed by atoms with Crippen LogP contribution in [0.1, 0.15) is 35.2 Å². The first-order valence-electron chi connectivity index (χ1n) is 12.0. The minimum Gasteiger partial charge on any atom is -0.497 e. The van der Waals surface area contributed by atoms with Crippen molar-refractivity contribution in [3.63, 3.8) is 0 Å². The number of hydrogen-bond acceptors (Lipinski definition) is 9. The zero-order chi connectivity index (χ0) is 25.8. The molecule has 0 radical (unpaired) electrons. The molecule has 3 N–H and O–H groups in total. The van der Waals surface area contributed by atoms with Crippen molar-refractivity contribution in [1.82, 2.24) is 9.80 Å². The summed E-state index contributed by atoms with van der Waals surface area (Å²) in [7, 11) is 1.63. The molecule has 0 amide bonds. The van der Waals surface area contributed by atoms with Gasteiger partial charge in [-0.2, -0.15) is 10.5 Å². The van der Waals surface area contributed by atoms with Crippen LogP contribution in [-0.2, 0) is 16.3 Å². The average Bonchev–Trinajstić information content (AvgIpc) is 2.93. The fraction of sp³-hybridized carbons (Fsp3) is 0.444. The van der Waals surface area contributed by atoms with Gasteiger partial charge in [0.2, 0.25) is 12.2 Å². The number of rotatable bonds is 6. The summed E-state index contributed by atoms with van der Waals surface area (Å²) < 4.78 is 5.19. The lowest BCUT2D eigenvalue weighted by atomic mass is 9.87. The number of benzene rings is 2. The molecule has 36 heavy (non-hydrogen) atoms.